The lowest BCUT2D eigenvalue weighted by atomic mass is 10.1. The standard InChI is InChI=1S/C8H14Cl2O2/c9-6-5-7(10)3-1-2-4-8(11)12/h7H,1-6H2,(H,11,12)/p-1. The SMILES string of the molecule is O=C([O-])CCCCC(Cl)CCCl. The Morgan fingerprint density at radius 3 is 2.50 bits per heavy atom. The monoisotopic (exact) mass is 211 g/mol. The maximum Gasteiger partial charge on any atom is 0.0414 e. The van der Waals surface area contributed by atoms with Crippen molar-refractivity contribution in [3.8, 4) is 0 Å². The molecule has 0 saturated carbocycles. The van der Waals surface area contributed by atoms with Gasteiger partial charge in [-0.05, 0) is 25.7 Å². The molecule has 0 aromatic heterocycles. The van der Waals surface area contributed by atoms with Crippen LogP contribution in [0.1, 0.15) is 32.1 Å². The van der Waals surface area contributed by atoms with Crippen LogP contribution in [0.2, 0.25) is 0 Å². The summed E-state index contributed by atoms with van der Waals surface area (Å²) in [6.07, 6.45) is 3.23. The number of aliphatic carboxylic acids is 1. The van der Waals surface area contributed by atoms with E-state index in [9.17, 15) is 9.90 Å². The van der Waals surface area contributed by atoms with Crippen LogP contribution in [0.5, 0.6) is 0 Å². The molecule has 0 spiro atoms. The average molecular weight is 212 g/mol. The van der Waals surface area contributed by atoms with E-state index < -0.39 is 5.97 Å². The largest absolute Gasteiger partial charge is 0.550 e. The first-order valence-electron chi connectivity index (χ1n) is 4.06. The van der Waals surface area contributed by atoms with Crippen LogP contribution in [-0.2, 0) is 4.79 Å². The van der Waals surface area contributed by atoms with E-state index in [1.165, 1.54) is 0 Å². The predicted molar refractivity (Wildman–Crippen MR) is 48.5 cm³/mol. The van der Waals surface area contributed by atoms with E-state index in [0.29, 0.717) is 12.3 Å². The average Bonchev–Trinajstić information content (AvgIpc) is 1.98. The topological polar surface area (TPSA) is 40.1 Å². The Morgan fingerprint density at radius 1 is 1.33 bits per heavy atom. The molecule has 12 heavy (non-hydrogen) atoms. The first-order chi connectivity index (χ1) is 5.66. The number of hydrogen-bond acceptors (Lipinski definition) is 2. The zero-order chi connectivity index (χ0) is 9.40. The highest BCUT2D eigenvalue weighted by Crippen LogP contribution is 2.12. The van der Waals surface area contributed by atoms with Crippen molar-refractivity contribution in [1.29, 1.82) is 0 Å². The van der Waals surface area contributed by atoms with E-state index in [-0.39, 0.29) is 11.8 Å². The minimum Gasteiger partial charge on any atom is -0.550 e. The number of rotatable bonds is 7. The van der Waals surface area contributed by atoms with Crippen LogP contribution in [0.25, 0.3) is 0 Å². The molecule has 4 heteroatoms. The first kappa shape index (κ1) is 12.0. The Balaban J connectivity index is 3.13. The zero-order valence-electron chi connectivity index (χ0n) is 6.89. The van der Waals surface area contributed by atoms with Crippen molar-refractivity contribution in [2.75, 3.05) is 5.88 Å². The Morgan fingerprint density at radius 2 is 2.00 bits per heavy atom. The van der Waals surface area contributed by atoms with Gasteiger partial charge in [-0.1, -0.05) is 6.42 Å². The highest BCUT2D eigenvalue weighted by atomic mass is 35.5. The highest BCUT2D eigenvalue weighted by Gasteiger charge is 2.02. The summed E-state index contributed by atoms with van der Waals surface area (Å²) in [4.78, 5) is 10.0. The molecule has 2 nitrogen and oxygen atoms in total. The molecular formula is C8H13Cl2O2-. The summed E-state index contributed by atoms with van der Waals surface area (Å²) < 4.78 is 0. The van der Waals surface area contributed by atoms with Crippen LogP contribution in [0, 0.1) is 0 Å². The number of unbranched alkanes of at least 4 members (excludes halogenated alkanes) is 1. The van der Waals surface area contributed by atoms with Gasteiger partial charge in [0.1, 0.15) is 0 Å². The van der Waals surface area contributed by atoms with Gasteiger partial charge in [-0.25, -0.2) is 0 Å². The summed E-state index contributed by atoms with van der Waals surface area (Å²) in [5.74, 6) is -0.423. The molecule has 1 unspecified atom stereocenters. The third-order valence-corrected chi connectivity index (χ3v) is 2.23. The normalized spacial score (nSPS) is 12.8. The van der Waals surface area contributed by atoms with Gasteiger partial charge in [-0.15, -0.1) is 23.2 Å². The summed E-state index contributed by atoms with van der Waals surface area (Å²) in [6.45, 7) is 0. The van der Waals surface area contributed by atoms with Crippen LogP contribution >= 0.6 is 23.2 Å². The van der Waals surface area contributed by atoms with Crippen molar-refractivity contribution in [3.63, 3.8) is 0 Å². The molecule has 0 bridgehead atoms. The number of carbonyl (C=O) groups is 1. The van der Waals surface area contributed by atoms with Crippen molar-refractivity contribution in [1.82, 2.24) is 0 Å². The Bertz CT molecular complexity index is 128. The van der Waals surface area contributed by atoms with Crippen molar-refractivity contribution < 1.29 is 9.90 Å². The molecule has 0 aliphatic carbocycles. The Kier molecular flexibility index (Phi) is 7.72. The summed E-state index contributed by atoms with van der Waals surface area (Å²) in [5.41, 5.74) is 0. The van der Waals surface area contributed by atoms with Crippen LogP contribution in [0.15, 0.2) is 0 Å². The van der Waals surface area contributed by atoms with E-state index in [1.54, 1.807) is 0 Å². The minimum atomic E-state index is -0.988. The molecule has 0 aromatic carbocycles. The second-order valence-corrected chi connectivity index (χ2v) is 3.69. The first-order valence-corrected chi connectivity index (χ1v) is 5.03. The molecule has 0 aliphatic heterocycles. The van der Waals surface area contributed by atoms with Crippen molar-refractivity contribution >= 4 is 29.2 Å². The van der Waals surface area contributed by atoms with Gasteiger partial charge >= 0.3 is 0 Å². The van der Waals surface area contributed by atoms with Gasteiger partial charge in [-0.3, -0.25) is 0 Å². The van der Waals surface area contributed by atoms with E-state index in [4.69, 9.17) is 23.2 Å². The molecule has 0 amide bonds. The van der Waals surface area contributed by atoms with Crippen LogP contribution in [-0.4, -0.2) is 17.2 Å². The van der Waals surface area contributed by atoms with Gasteiger partial charge in [0, 0.05) is 17.2 Å². The quantitative estimate of drug-likeness (QED) is 0.474. The lowest BCUT2D eigenvalue weighted by Gasteiger charge is -2.06. The lowest BCUT2D eigenvalue weighted by molar-refractivity contribution is -0.305. The number of carbonyl (C=O) groups excluding carboxylic acids is 1. The number of carboxylic acid groups (broad SMARTS) is 1. The predicted octanol–water partition coefficient (Wildman–Crippen LogP) is 1.53. The van der Waals surface area contributed by atoms with E-state index in [2.05, 4.69) is 0 Å². The fourth-order valence-electron chi connectivity index (χ4n) is 0.898. The highest BCUT2D eigenvalue weighted by molar-refractivity contribution is 6.22. The summed E-state index contributed by atoms with van der Waals surface area (Å²) >= 11 is 11.3. The molecular weight excluding hydrogens is 199 g/mol. The number of halogens is 2. The van der Waals surface area contributed by atoms with Crippen LogP contribution in [0.4, 0.5) is 0 Å². The lowest BCUT2D eigenvalue weighted by Crippen LogP contribution is -2.21. The van der Waals surface area contributed by atoms with Crippen LogP contribution in [0.3, 0.4) is 0 Å². The second kappa shape index (κ2) is 7.69. The number of alkyl halides is 2. The molecule has 0 aliphatic rings. The molecule has 0 fully saturated rings. The molecule has 0 radical (unpaired) electrons. The molecule has 0 rings (SSSR count). The van der Waals surface area contributed by atoms with E-state index >= 15 is 0 Å². The summed E-state index contributed by atoms with van der Waals surface area (Å²) in [7, 11) is 0. The van der Waals surface area contributed by atoms with Gasteiger partial charge < -0.3 is 9.90 Å². The summed E-state index contributed by atoms with van der Waals surface area (Å²) in [6, 6.07) is 0. The third kappa shape index (κ3) is 8.15. The second-order valence-electron chi connectivity index (χ2n) is 2.69. The molecule has 0 aromatic rings. The minimum absolute atomic E-state index is 0.0873. The molecule has 1 atom stereocenters. The van der Waals surface area contributed by atoms with Crippen LogP contribution < -0.4 is 5.11 Å². The van der Waals surface area contributed by atoms with Gasteiger partial charge in [-0.2, -0.15) is 0 Å². The number of carboxylic acids is 1. The van der Waals surface area contributed by atoms with Crippen molar-refractivity contribution in [2.24, 2.45) is 0 Å². The fourth-order valence-corrected chi connectivity index (χ4v) is 1.54. The Hall–Kier alpha value is 0.0500. The van der Waals surface area contributed by atoms with Gasteiger partial charge in [0.05, 0.1) is 0 Å². The molecule has 0 saturated heterocycles. The maximum absolute atomic E-state index is 10.0. The summed E-state index contributed by atoms with van der Waals surface area (Å²) in [5, 5.41) is 10.1. The third-order valence-electron chi connectivity index (χ3n) is 1.57. The zero-order valence-corrected chi connectivity index (χ0v) is 8.40. The van der Waals surface area contributed by atoms with Gasteiger partial charge in [0.15, 0.2) is 0 Å². The smallest absolute Gasteiger partial charge is 0.0414 e. The van der Waals surface area contributed by atoms with Crippen molar-refractivity contribution in [3.05, 3.63) is 0 Å². The van der Waals surface area contributed by atoms with Gasteiger partial charge in [0.25, 0.3) is 0 Å². The number of hydrogen-bond donors (Lipinski definition) is 0. The van der Waals surface area contributed by atoms with E-state index in [1.807, 2.05) is 0 Å². The van der Waals surface area contributed by atoms with E-state index in [0.717, 1.165) is 19.3 Å². The van der Waals surface area contributed by atoms with Crippen molar-refractivity contribution in [2.45, 2.75) is 37.5 Å². The maximum atomic E-state index is 10.0. The molecule has 0 heterocycles. The fraction of sp³-hybridized carbons (Fsp3) is 0.875. The van der Waals surface area contributed by atoms with Gasteiger partial charge in [0.2, 0.25) is 0 Å². The molecule has 0 N–H and O–H groups in total. The molecule has 72 valence electrons. The Labute approximate surface area is 82.9 Å².